The number of halogens is 1. The summed E-state index contributed by atoms with van der Waals surface area (Å²) in [6.45, 7) is 4.73. The molecule has 0 fully saturated rings. The van der Waals surface area contributed by atoms with Crippen molar-refractivity contribution >= 4 is 27.7 Å². The lowest BCUT2D eigenvalue weighted by Crippen LogP contribution is -2.13. The van der Waals surface area contributed by atoms with Gasteiger partial charge in [-0.25, -0.2) is 0 Å². The fraction of sp³-hybridized carbons (Fsp3) is 0.538. The Kier molecular flexibility index (Phi) is 7.73. The summed E-state index contributed by atoms with van der Waals surface area (Å²) in [6, 6.07) is 6.18. The molecule has 0 aliphatic carbocycles. The van der Waals surface area contributed by atoms with Crippen molar-refractivity contribution in [3.05, 3.63) is 28.2 Å². The minimum atomic E-state index is 0.793. The summed E-state index contributed by atoms with van der Waals surface area (Å²) in [7, 11) is 0. The summed E-state index contributed by atoms with van der Waals surface area (Å²) < 4.78 is 6.92. The van der Waals surface area contributed by atoms with Gasteiger partial charge in [0.05, 0.1) is 6.61 Å². The molecule has 96 valence electrons. The van der Waals surface area contributed by atoms with E-state index in [0.29, 0.717) is 0 Å². The summed E-state index contributed by atoms with van der Waals surface area (Å²) >= 11 is 5.35. The lowest BCUT2D eigenvalue weighted by atomic mass is 10.2. The Morgan fingerprint density at radius 3 is 2.94 bits per heavy atom. The Balaban J connectivity index is 2.55. The van der Waals surface area contributed by atoms with Crippen LogP contribution >= 0.6 is 27.7 Å². The Bertz CT molecular complexity index is 333. The summed E-state index contributed by atoms with van der Waals surface area (Å²) in [4.78, 5) is 0. The average Bonchev–Trinajstić information content (AvgIpc) is 2.34. The topological polar surface area (TPSA) is 21.3 Å². The molecule has 0 amide bonds. The van der Waals surface area contributed by atoms with Gasteiger partial charge in [0.2, 0.25) is 0 Å². The number of nitrogens with one attached hydrogen (secondary N) is 1. The predicted octanol–water partition coefficient (Wildman–Crippen LogP) is 3.69. The van der Waals surface area contributed by atoms with Gasteiger partial charge in [0.1, 0.15) is 5.75 Å². The second-order valence-electron chi connectivity index (χ2n) is 3.73. The third-order valence-corrected chi connectivity index (χ3v) is 3.53. The van der Waals surface area contributed by atoms with Gasteiger partial charge in [-0.05, 0) is 43.2 Å². The third kappa shape index (κ3) is 5.80. The van der Waals surface area contributed by atoms with Crippen molar-refractivity contribution in [2.75, 3.05) is 25.2 Å². The molecule has 2 nitrogen and oxygen atoms in total. The number of hydrogen-bond donors (Lipinski definition) is 1. The van der Waals surface area contributed by atoms with Crippen molar-refractivity contribution in [2.24, 2.45) is 0 Å². The molecule has 0 radical (unpaired) electrons. The Labute approximate surface area is 117 Å². The largest absolute Gasteiger partial charge is 0.493 e. The van der Waals surface area contributed by atoms with Crippen LogP contribution in [0.1, 0.15) is 18.9 Å². The summed E-state index contributed by atoms with van der Waals surface area (Å²) in [5.74, 6) is 2.15. The van der Waals surface area contributed by atoms with Crippen LogP contribution in [0.4, 0.5) is 0 Å². The Hall–Kier alpha value is -0.190. The van der Waals surface area contributed by atoms with E-state index < -0.39 is 0 Å². The number of benzene rings is 1. The van der Waals surface area contributed by atoms with Crippen LogP contribution in [0.5, 0.6) is 5.75 Å². The third-order valence-electron chi connectivity index (χ3n) is 2.34. The van der Waals surface area contributed by atoms with Crippen molar-refractivity contribution in [3.8, 4) is 5.75 Å². The molecule has 1 N–H and O–H groups in total. The van der Waals surface area contributed by atoms with E-state index in [9.17, 15) is 0 Å². The fourth-order valence-corrected chi connectivity index (χ4v) is 2.29. The molecule has 0 aliphatic rings. The van der Waals surface area contributed by atoms with Crippen molar-refractivity contribution in [3.63, 3.8) is 0 Å². The van der Waals surface area contributed by atoms with Crippen molar-refractivity contribution < 1.29 is 4.74 Å². The summed E-state index contributed by atoms with van der Waals surface area (Å²) in [6.07, 6.45) is 3.22. The molecule has 1 aromatic rings. The maximum absolute atomic E-state index is 5.82. The lowest BCUT2D eigenvalue weighted by Gasteiger charge is -2.12. The van der Waals surface area contributed by atoms with E-state index in [0.717, 1.165) is 42.1 Å². The number of thioether (sulfide) groups is 1. The Morgan fingerprint density at radius 2 is 2.24 bits per heavy atom. The van der Waals surface area contributed by atoms with Crippen molar-refractivity contribution in [1.29, 1.82) is 0 Å². The van der Waals surface area contributed by atoms with Gasteiger partial charge in [-0.3, -0.25) is 0 Å². The minimum absolute atomic E-state index is 0.793. The first kappa shape index (κ1) is 14.9. The lowest BCUT2D eigenvalue weighted by molar-refractivity contribution is 0.314. The molecule has 0 bridgehead atoms. The van der Waals surface area contributed by atoms with Gasteiger partial charge in [-0.2, -0.15) is 11.8 Å². The van der Waals surface area contributed by atoms with Gasteiger partial charge in [0.25, 0.3) is 0 Å². The molecule has 0 aromatic heterocycles. The van der Waals surface area contributed by atoms with E-state index in [4.69, 9.17) is 4.74 Å². The number of rotatable bonds is 8. The summed E-state index contributed by atoms with van der Waals surface area (Å²) in [5.41, 5.74) is 1.21. The Morgan fingerprint density at radius 1 is 1.41 bits per heavy atom. The molecular weight excluding hydrogens is 298 g/mol. The highest BCUT2D eigenvalue weighted by Crippen LogP contribution is 2.23. The molecule has 0 spiro atoms. The van der Waals surface area contributed by atoms with E-state index in [1.807, 2.05) is 23.9 Å². The molecule has 0 unspecified atom stereocenters. The van der Waals surface area contributed by atoms with Gasteiger partial charge in [0.15, 0.2) is 0 Å². The van der Waals surface area contributed by atoms with Crippen LogP contribution < -0.4 is 10.1 Å². The van der Waals surface area contributed by atoms with E-state index in [1.165, 1.54) is 5.56 Å². The van der Waals surface area contributed by atoms with Crippen LogP contribution in [0.25, 0.3) is 0 Å². The zero-order valence-electron chi connectivity index (χ0n) is 10.5. The van der Waals surface area contributed by atoms with Crippen LogP contribution in [-0.2, 0) is 6.54 Å². The number of hydrogen-bond acceptors (Lipinski definition) is 3. The van der Waals surface area contributed by atoms with Crippen LogP contribution in [-0.4, -0.2) is 25.2 Å². The van der Waals surface area contributed by atoms with Crippen LogP contribution in [0.15, 0.2) is 22.7 Å². The molecule has 0 aliphatic heterocycles. The molecule has 0 saturated heterocycles. The van der Waals surface area contributed by atoms with Gasteiger partial charge in [-0.15, -0.1) is 0 Å². The van der Waals surface area contributed by atoms with Crippen LogP contribution in [0.2, 0.25) is 0 Å². The normalized spacial score (nSPS) is 10.5. The van der Waals surface area contributed by atoms with Crippen molar-refractivity contribution in [2.45, 2.75) is 19.9 Å². The first-order valence-corrected chi connectivity index (χ1v) is 8.07. The highest BCUT2D eigenvalue weighted by molar-refractivity contribution is 9.10. The smallest absolute Gasteiger partial charge is 0.123 e. The molecule has 1 aromatic carbocycles. The maximum Gasteiger partial charge on any atom is 0.123 e. The summed E-state index contributed by atoms with van der Waals surface area (Å²) in [5, 5.41) is 3.33. The second kappa shape index (κ2) is 8.84. The fourth-order valence-electron chi connectivity index (χ4n) is 1.47. The van der Waals surface area contributed by atoms with Crippen LogP contribution in [0.3, 0.4) is 0 Å². The van der Waals surface area contributed by atoms with Crippen LogP contribution in [0, 0.1) is 0 Å². The molecular formula is C13H20BrNOS. The monoisotopic (exact) mass is 317 g/mol. The van der Waals surface area contributed by atoms with E-state index >= 15 is 0 Å². The van der Waals surface area contributed by atoms with Gasteiger partial charge < -0.3 is 10.1 Å². The van der Waals surface area contributed by atoms with Gasteiger partial charge >= 0.3 is 0 Å². The highest BCUT2D eigenvalue weighted by atomic mass is 79.9. The average molecular weight is 318 g/mol. The first-order valence-electron chi connectivity index (χ1n) is 5.88. The SMILES string of the molecule is CCNCc1cc(Br)ccc1OCCCSC. The zero-order valence-corrected chi connectivity index (χ0v) is 12.9. The zero-order chi connectivity index (χ0) is 12.5. The van der Waals surface area contributed by atoms with Gasteiger partial charge in [0, 0.05) is 16.6 Å². The van der Waals surface area contributed by atoms with E-state index in [-0.39, 0.29) is 0 Å². The minimum Gasteiger partial charge on any atom is -0.493 e. The molecule has 4 heteroatoms. The van der Waals surface area contributed by atoms with E-state index in [2.05, 4.69) is 40.5 Å². The van der Waals surface area contributed by atoms with Gasteiger partial charge in [-0.1, -0.05) is 22.9 Å². The molecule has 0 saturated carbocycles. The molecule has 0 heterocycles. The predicted molar refractivity (Wildman–Crippen MR) is 80.0 cm³/mol. The van der Waals surface area contributed by atoms with Crippen molar-refractivity contribution in [1.82, 2.24) is 5.32 Å². The quantitative estimate of drug-likeness (QED) is 0.739. The highest BCUT2D eigenvalue weighted by Gasteiger charge is 2.04. The standard InChI is InChI=1S/C13H20BrNOS/c1-3-15-10-11-9-12(14)5-6-13(11)16-7-4-8-17-2/h5-6,9,15H,3-4,7-8,10H2,1-2H3. The first-order chi connectivity index (χ1) is 8.27. The number of ether oxygens (including phenoxy) is 1. The molecule has 0 atom stereocenters. The maximum atomic E-state index is 5.82. The van der Waals surface area contributed by atoms with E-state index in [1.54, 1.807) is 0 Å². The second-order valence-corrected chi connectivity index (χ2v) is 5.63. The molecule has 1 rings (SSSR count). The molecule has 17 heavy (non-hydrogen) atoms.